The standard InChI is InChI=1S/C31H54O7/c1-10-19(11-2)24-22(27(32)36-28(24)33)16-20(15-18(4)26(38-35)29(5,6)12-3)25(37-34)23-17-21-13-14-31(23,9)30(21,7)8/h18-26,34-35H,10-17H2,1-9H3. The monoisotopic (exact) mass is 538 g/mol. The highest BCUT2D eigenvalue weighted by molar-refractivity contribution is 5.96. The third kappa shape index (κ3) is 5.34. The third-order valence-electron chi connectivity index (χ3n) is 12.2. The second-order valence-corrected chi connectivity index (χ2v) is 14.3. The molecule has 2 aliphatic carbocycles. The van der Waals surface area contributed by atoms with Crippen molar-refractivity contribution < 1.29 is 34.6 Å². The predicted octanol–water partition coefficient (Wildman–Crippen LogP) is 7.39. The molecule has 7 nitrogen and oxygen atoms in total. The van der Waals surface area contributed by atoms with Crippen molar-refractivity contribution in [1.82, 2.24) is 0 Å². The van der Waals surface area contributed by atoms with Crippen molar-refractivity contribution in [2.24, 2.45) is 57.7 Å². The first-order valence-electron chi connectivity index (χ1n) is 15.1. The van der Waals surface area contributed by atoms with Crippen LogP contribution in [0.3, 0.4) is 0 Å². The Kier molecular flexibility index (Phi) is 9.82. The van der Waals surface area contributed by atoms with Crippen molar-refractivity contribution in [2.45, 2.75) is 126 Å². The minimum atomic E-state index is -0.561. The molecular formula is C31H54O7. The van der Waals surface area contributed by atoms with Gasteiger partial charge in [0.2, 0.25) is 0 Å². The molecular weight excluding hydrogens is 484 g/mol. The molecule has 9 atom stereocenters. The summed E-state index contributed by atoms with van der Waals surface area (Å²) in [4.78, 5) is 36.4. The Morgan fingerprint density at radius 1 is 1.05 bits per heavy atom. The molecule has 2 saturated carbocycles. The van der Waals surface area contributed by atoms with E-state index >= 15 is 0 Å². The number of cyclic esters (lactones) is 2. The Labute approximate surface area is 230 Å². The molecule has 1 heterocycles. The van der Waals surface area contributed by atoms with E-state index in [0.29, 0.717) is 18.8 Å². The highest BCUT2D eigenvalue weighted by atomic mass is 17.1. The third-order valence-corrected chi connectivity index (χ3v) is 12.2. The van der Waals surface area contributed by atoms with Crippen LogP contribution in [0.5, 0.6) is 0 Å². The molecule has 3 fully saturated rings. The second-order valence-electron chi connectivity index (χ2n) is 14.3. The van der Waals surface area contributed by atoms with Gasteiger partial charge in [0.1, 0.15) is 6.10 Å². The molecule has 9 unspecified atom stereocenters. The fraction of sp³-hybridized carbons (Fsp3) is 0.935. The van der Waals surface area contributed by atoms with Crippen LogP contribution >= 0.6 is 0 Å². The lowest BCUT2D eigenvalue weighted by Crippen LogP contribution is -2.45. The van der Waals surface area contributed by atoms with Gasteiger partial charge >= 0.3 is 11.9 Å². The summed E-state index contributed by atoms with van der Waals surface area (Å²) in [5, 5.41) is 20.4. The SMILES string of the molecule is CCC(CC)C1C(=O)OC(=O)C1CC(CC(C)C(OO)C(C)(C)CC)C(OO)C1CC2CCC1(C)C2(C)C. The molecule has 0 aromatic rings. The molecule has 0 radical (unpaired) electrons. The zero-order valence-corrected chi connectivity index (χ0v) is 25.3. The molecule has 3 rings (SSSR count). The summed E-state index contributed by atoms with van der Waals surface area (Å²) < 4.78 is 5.21. The van der Waals surface area contributed by atoms with Gasteiger partial charge in [-0.05, 0) is 84.4 Å². The van der Waals surface area contributed by atoms with Gasteiger partial charge in [-0.1, -0.05) is 75.2 Å². The Morgan fingerprint density at radius 3 is 2.13 bits per heavy atom. The zero-order valence-electron chi connectivity index (χ0n) is 25.3. The van der Waals surface area contributed by atoms with Gasteiger partial charge in [0.15, 0.2) is 0 Å². The van der Waals surface area contributed by atoms with E-state index in [9.17, 15) is 20.1 Å². The first-order valence-corrected chi connectivity index (χ1v) is 15.1. The molecule has 7 heteroatoms. The van der Waals surface area contributed by atoms with Crippen LogP contribution in [0.15, 0.2) is 0 Å². The molecule has 3 aliphatic rings. The average Bonchev–Trinajstić information content (AvgIpc) is 3.34. The molecule has 0 amide bonds. The maximum absolute atomic E-state index is 13.1. The minimum Gasteiger partial charge on any atom is -0.393 e. The van der Waals surface area contributed by atoms with Crippen LogP contribution in [-0.2, 0) is 24.1 Å². The van der Waals surface area contributed by atoms with Crippen molar-refractivity contribution in [2.75, 3.05) is 0 Å². The van der Waals surface area contributed by atoms with Gasteiger partial charge in [0.25, 0.3) is 0 Å². The number of fused-ring (bicyclic) bond motifs is 2. The van der Waals surface area contributed by atoms with Crippen molar-refractivity contribution >= 4 is 11.9 Å². The topological polar surface area (TPSA) is 102 Å². The number of rotatable bonds is 14. The van der Waals surface area contributed by atoms with E-state index in [0.717, 1.165) is 32.1 Å². The van der Waals surface area contributed by atoms with E-state index in [1.807, 2.05) is 0 Å². The number of ether oxygens (including phenoxy) is 1. The van der Waals surface area contributed by atoms with E-state index in [4.69, 9.17) is 14.5 Å². The Bertz CT molecular complexity index is 834. The zero-order chi connectivity index (χ0) is 28.6. The first kappa shape index (κ1) is 31.5. The van der Waals surface area contributed by atoms with Crippen molar-refractivity contribution in [3.8, 4) is 0 Å². The van der Waals surface area contributed by atoms with E-state index < -0.39 is 36.0 Å². The van der Waals surface area contributed by atoms with Gasteiger partial charge in [-0.2, -0.15) is 0 Å². The van der Waals surface area contributed by atoms with Gasteiger partial charge in [-0.25, -0.2) is 9.78 Å². The van der Waals surface area contributed by atoms with Crippen LogP contribution in [0, 0.1) is 57.7 Å². The minimum absolute atomic E-state index is 0.00288. The lowest BCUT2D eigenvalue weighted by atomic mass is 9.62. The lowest BCUT2D eigenvalue weighted by Gasteiger charge is -2.45. The summed E-state index contributed by atoms with van der Waals surface area (Å²) in [7, 11) is 0. The molecule has 0 aromatic heterocycles. The van der Waals surface area contributed by atoms with Gasteiger partial charge < -0.3 is 4.74 Å². The number of hydrogen-bond acceptors (Lipinski definition) is 7. The quantitative estimate of drug-likeness (QED) is 0.103. The number of hydrogen-bond donors (Lipinski definition) is 2. The van der Waals surface area contributed by atoms with Crippen molar-refractivity contribution in [3.05, 3.63) is 0 Å². The Morgan fingerprint density at radius 2 is 1.68 bits per heavy atom. The highest BCUT2D eigenvalue weighted by Gasteiger charge is 2.64. The van der Waals surface area contributed by atoms with Gasteiger partial charge in [0, 0.05) is 0 Å². The fourth-order valence-electron chi connectivity index (χ4n) is 8.87. The lowest BCUT2D eigenvalue weighted by molar-refractivity contribution is -0.323. The highest BCUT2D eigenvalue weighted by Crippen LogP contribution is 2.69. The summed E-state index contributed by atoms with van der Waals surface area (Å²) in [6, 6.07) is 0. The summed E-state index contributed by atoms with van der Waals surface area (Å²) in [5.41, 5.74) is -0.135. The molecule has 0 spiro atoms. The van der Waals surface area contributed by atoms with Crippen molar-refractivity contribution in [3.63, 3.8) is 0 Å². The predicted molar refractivity (Wildman–Crippen MR) is 146 cm³/mol. The van der Waals surface area contributed by atoms with Crippen molar-refractivity contribution in [1.29, 1.82) is 0 Å². The summed E-state index contributed by atoms with van der Waals surface area (Å²) in [6.07, 6.45) is 5.75. The van der Waals surface area contributed by atoms with Crippen LogP contribution in [0.4, 0.5) is 0 Å². The smallest absolute Gasteiger partial charge is 0.317 e. The molecule has 1 saturated heterocycles. The maximum Gasteiger partial charge on any atom is 0.317 e. The van der Waals surface area contributed by atoms with Crippen LogP contribution in [0.1, 0.15) is 114 Å². The largest absolute Gasteiger partial charge is 0.393 e. The Balaban J connectivity index is 1.99. The molecule has 220 valence electrons. The first-order chi connectivity index (χ1) is 17.7. The number of esters is 2. The molecule has 38 heavy (non-hydrogen) atoms. The van der Waals surface area contributed by atoms with E-state index in [-0.39, 0.29) is 39.9 Å². The summed E-state index contributed by atoms with van der Waals surface area (Å²) >= 11 is 0. The average molecular weight is 539 g/mol. The van der Waals surface area contributed by atoms with Crippen LogP contribution < -0.4 is 0 Å². The second kappa shape index (κ2) is 11.8. The summed E-state index contributed by atoms with van der Waals surface area (Å²) in [5.74, 6) is -1.43. The number of carbonyl (C=O) groups excluding carboxylic acids is 2. The van der Waals surface area contributed by atoms with Crippen LogP contribution in [0.2, 0.25) is 0 Å². The summed E-state index contributed by atoms with van der Waals surface area (Å²) in [6.45, 7) is 19.4. The molecule has 1 aliphatic heterocycles. The molecule has 0 aromatic carbocycles. The fourth-order valence-corrected chi connectivity index (χ4v) is 8.87. The molecule has 2 N–H and O–H groups in total. The molecule has 2 bridgehead atoms. The van der Waals surface area contributed by atoms with E-state index in [1.54, 1.807) is 0 Å². The Hall–Kier alpha value is -1.02. The van der Waals surface area contributed by atoms with Crippen LogP contribution in [0.25, 0.3) is 0 Å². The van der Waals surface area contributed by atoms with Gasteiger partial charge in [-0.15, -0.1) is 0 Å². The van der Waals surface area contributed by atoms with Crippen LogP contribution in [-0.4, -0.2) is 34.7 Å². The van der Waals surface area contributed by atoms with E-state index in [2.05, 4.69) is 62.3 Å². The number of carbonyl (C=O) groups is 2. The maximum atomic E-state index is 13.1. The normalized spacial score (nSPS) is 34.0. The van der Waals surface area contributed by atoms with E-state index in [1.165, 1.54) is 6.42 Å². The van der Waals surface area contributed by atoms with Gasteiger partial charge in [0.05, 0.1) is 17.9 Å². The van der Waals surface area contributed by atoms with Gasteiger partial charge in [-0.3, -0.25) is 20.1 Å².